The van der Waals surface area contributed by atoms with E-state index < -0.39 is 11.7 Å². The van der Waals surface area contributed by atoms with Gasteiger partial charge < -0.3 is 20.7 Å². The van der Waals surface area contributed by atoms with Crippen molar-refractivity contribution in [1.29, 1.82) is 0 Å². The molecule has 1 atom stereocenters. The van der Waals surface area contributed by atoms with Crippen LogP contribution in [0.25, 0.3) is 0 Å². The first-order valence-electron chi connectivity index (χ1n) is 13.0. The lowest BCUT2D eigenvalue weighted by Crippen LogP contribution is -2.28. The van der Waals surface area contributed by atoms with E-state index in [0.717, 1.165) is 30.0 Å². The number of rotatable bonds is 6. The zero-order chi connectivity index (χ0) is 27.1. The maximum Gasteiger partial charge on any atom is 0.416 e. The molecule has 7 nitrogen and oxygen atoms in total. The van der Waals surface area contributed by atoms with Crippen molar-refractivity contribution < 1.29 is 27.5 Å². The van der Waals surface area contributed by atoms with E-state index >= 15 is 0 Å². The highest BCUT2D eigenvalue weighted by Crippen LogP contribution is 2.38. The van der Waals surface area contributed by atoms with Gasteiger partial charge in [-0.3, -0.25) is 9.59 Å². The number of ether oxygens (including phenoxy) is 1. The molecule has 0 spiro atoms. The van der Waals surface area contributed by atoms with Gasteiger partial charge in [0, 0.05) is 42.9 Å². The number of halogens is 3. The Morgan fingerprint density at radius 2 is 1.67 bits per heavy atom. The molecule has 0 radical (unpaired) electrons. The third-order valence-corrected chi connectivity index (χ3v) is 7.48. The Hall–Kier alpha value is -3.92. The highest BCUT2D eigenvalue weighted by atomic mass is 19.4. The van der Waals surface area contributed by atoms with Crippen molar-refractivity contribution in [3.63, 3.8) is 0 Å². The van der Waals surface area contributed by atoms with Gasteiger partial charge in [-0.2, -0.15) is 13.2 Å². The van der Waals surface area contributed by atoms with Crippen LogP contribution in [-0.4, -0.2) is 16.8 Å². The molecule has 0 saturated heterocycles. The van der Waals surface area contributed by atoms with Crippen LogP contribution in [0, 0.1) is 11.8 Å². The minimum atomic E-state index is -4.49. The summed E-state index contributed by atoms with van der Waals surface area (Å²) in [7, 11) is 0. The van der Waals surface area contributed by atoms with Gasteiger partial charge in [0.1, 0.15) is 17.3 Å². The van der Waals surface area contributed by atoms with E-state index in [1.54, 1.807) is 24.4 Å². The molecule has 1 fully saturated rings. The van der Waals surface area contributed by atoms with Crippen LogP contribution in [0.4, 0.5) is 24.7 Å². The molecule has 2 heterocycles. The minimum Gasteiger partial charge on any atom is -0.457 e. The Morgan fingerprint density at radius 1 is 0.872 bits per heavy atom. The maximum absolute atomic E-state index is 13.6. The van der Waals surface area contributed by atoms with Crippen LogP contribution in [0.2, 0.25) is 0 Å². The zero-order valence-corrected chi connectivity index (χ0v) is 21.0. The monoisotopic (exact) mass is 536 g/mol. The second-order valence-corrected chi connectivity index (χ2v) is 10.4. The lowest BCUT2D eigenvalue weighted by atomic mass is 9.83. The Morgan fingerprint density at radius 3 is 2.46 bits per heavy atom. The van der Waals surface area contributed by atoms with Gasteiger partial charge in [0.25, 0.3) is 0 Å². The predicted molar refractivity (Wildman–Crippen MR) is 138 cm³/mol. The molecule has 1 saturated carbocycles. The van der Waals surface area contributed by atoms with Crippen molar-refractivity contribution in [2.75, 3.05) is 10.6 Å². The van der Waals surface area contributed by atoms with Crippen LogP contribution in [0.3, 0.4) is 0 Å². The van der Waals surface area contributed by atoms with Crippen LogP contribution in [0.15, 0.2) is 48.7 Å². The number of benzene rings is 2. The lowest BCUT2D eigenvalue weighted by molar-refractivity contribution is -0.138. The average molecular weight is 537 g/mol. The second kappa shape index (κ2) is 10.00. The van der Waals surface area contributed by atoms with Crippen LogP contribution >= 0.6 is 0 Å². The van der Waals surface area contributed by atoms with Gasteiger partial charge in [0.2, 0.25) is 11.8 Å². The number of nitrogens with zero attached hydrogens (tertiary/aromatic N) is 1. The summed E-state index contributed by atoms with van der Waals surface area (Å²) < 4.78 is 46.9. The number of aromatic nitrogens is 1. The number of amides is 2. The van der Waals surface area contributed by atoms with E-state index in [0.29, 0.717) is 48.7 Å². The molecule has 39 heavy (non-hydrogen) atoms. The van der Waals surface area contributed by atoms with Gasteiger partial charge in [-0.05, 0) is 84.7 Å². The molecule has 2 aromatic carbocycles. The fourth-order valence-corrected chi connectivity index (χ4v) is 5.26. The number of fused-ring (bicyclic) bond motifs is 2. The first kappa shape index (κ1) is 25.4. The summed E-state index contributed by atoms with van der Waals surface area (Å²) in [6.07, 6.45) is 0.612. The zero-order valence-electron chi connectivity index (χ0n) is 21.0. The van der Waals surface area contributed by atoms with Crippen LogP contribution in [-0.2, 0) is 41.7 Å². The van der Waals surface area contributed by atoms with Crippen LogP contribution < -0.4 is 20.7 Å². The highest BCUT2D eigenvalue weighted by Gasteiger charge is 2.36. The van der Waals surface area contributed by atoms with Gasteiger partial charge in [0.15, 0.2) is 0 Å². The summed E-state index contributed by atoms with van der Waals surface area (Å²) >= 11 is 0. The van der Waals surface area contributed by atoms with Crippen molar-refractivity contribution in [3.8, 4) is 11.5 Å². The normalized spacial score (nSPS) is 18.2. The largest absolute Gasteiger partial charge is 0.457 e. The Bertz CT molecular complexity index is 1450. The highest BCUT2D eigenvalue weighted by molar-refractivity contribution is 5.94. The minimum absolute atomic E-state index is 0.0380. The standard InChI is InChI=1S/C29H27F3N4O3/c30-29(31,32)25-12-21(10-20-14-33-15-24(20)25)35-28(38)18-4-1-16-5-6-22(11-19(16)9-18)39-23-7-8-34-26(13-23)36-27(37)17-2-3-17/h5-8,10-13,17-18,33H,1-4,9,14-15H2,(H,35,38)(H,34,36,37). The summed E-state index contributed by atoms with van der Waals surface area (Å²) in [5.74, 6) is 0.886. The Balaban J connectivity index is 1.14. The van der Waals surface area contributed by atoms with Crippen LogP contribution in [0.5, 0.6) is 11.5 Å². The number of carbonyl (C=O) groups excluding carboxylic acids is 2. The van der Waals surface area contributed by atoms with Gasteiger partial charge in [-0.25, -0.2) is 4.98 Å². The van der Waals surface area contributed by atoms with E-state index in [1.807, 2.05) is 18.2 Å². The third-order valence-electron chi connectivity index (χ3n) is 7.48. The fourth-order valence-electron chi connectivity index (χ4n) is 5.26. The summed E-state index contributed by atoms with van der Waals surface area (Å²) in [6.45, 7) is 0.506. The number of hydrogen-bond donors (Lipinski definition) is 3. The number of nitrogens with one attached hydrogen (secondary N) is 3. The second-order valence-electron chi connectivity index (χ2n) is 10.4. The SMILES string of the molecule is O=C(Nc1cc2c(c(C(F)(F)F)c1)CNC2)C1CCc2ccc(Oc3ccnc(NC(=O)C4CC4)c3)cc2C1. The Kier molecular flexibility index (Phi) is 6.50. The molecule has 2 amide bonds. The number of carbonyl (C=O) groups is 2. The van der Waals surface area contributed by atoms with Crippen molar-refractivity contribution in [2.24, 2.45) is 11.8 Å². The molecule has 1 aliphatic heterocycles. The summed E-state index contributed by atoms with van der Waals surface area (Å²) in [4.78, 5) is 29.3. The Labute approximate surface area is 223 Å². The average Bonchev–Trinajstić information content (AvgIpc) is 3.65. The van der Waals surface area contributed by atoms with Gasteiger partial charge in [-0.15, -0.1) is 0 Å². The van der Waals surface area contributed by atoms with E-state index in [1.165, 1.54) is 0 Å². The molecule has 3 N–H and O–H groups in total. The van der Waals surface area contributed by atoms with E-state index in [2.05, 4.69) is 20.9 Å². The maximum atomic E-state index is 13.6. The fraction of sp³-hybridized carbons (Fsp3) is 0.345. The van der Waals surface area contributed by atoms with Crippen molar-refractivity contribution >= 4 is 23.3 Å². The van der Waals surface area contributed by atoms with Crippen molar-refractivity contribution in [3.05, 3.63) is 76.5 Å². The van der Waals surface area contributed by atoms with Crippen LogP contribution in [0.1, 0.15) is 47.1 Å². The summed E-state index contributed by atoms with van der Waals surface area (Å²) in [5.41, 5.74) is 2.33. The van der Waals surface area contributed by atoms with Gasteiger partial charge >= 0.3 is 6.18 Å². The van der Waals surface area contributed by atoms with Gasteiger partial charge in [0.05, 0.1) is 5.56 Å². The smallest absolute Gasteiger partial charge is 0.416 e. The van der Waals surface area contributed by atoms with E-state index in [-0.39, 0.29) is 41.4 Å². The quantitative estimate of drug-likeness (QED) is 0.382. The predicted octanol–water partition coefficient (Wildman–Crippen LogP) is 5.59. The molecule has 0 bridgehead atoms. The molecular formula is C29H27F3N4O3. The van der Waals surface area contributed by atoms with E-state index in [9.17, 15) is 22.8 Å². The third kappa shape index (κ3) is 5.61. The summed E-state index contributed by atoms with van der Waals surface area (Å²) in [6, 6.07) is 11.7. The molecule has 1 aromatic heterocycles. The number of aryl methyl sites for hydroxylation is 1. The molecule has 202 valence electrons. The first-order valence-corrected chi connectivity index (χ1v) is 13.0. The van der Waals surface area contributed by atoms with E-state index in [4.69, 9.17) is 4.74 Å². The van der Waals surface area contributed by atoms with Crippen molar-refractivity contribution in [1.82, 2.24) is 10.3 Å². The summed E-state index contributed by atoms with van der Waals surface area (Å²) in [5, 5.41) is 8.49. The molecule has 1 unspecified atom stereocenters. The molecule has 2 aliphatic carbocycles. The van der Waals surface area contributed by atoms with Crippen molar-refractivity contribution in [2.45, 2.75) is 51.4 Å². The number of anilines is 2. The number of alkyl halides is 3. The topological polar surface area (TPSA) is 92.3 Å². The lowest BCUT2D eigenvalue weighted by Gasteiger charge is -2.25. The molecule has 3 aromatic rings. The van der Waals surface area contributed by atoms with Gasteiger partial charge in [-0.1, -0.05) is 6.07 Å². The number of hydrogen-bond acceptors (Lipinski definition) is 5. The molecule has 6 rings (SSSR count). The molecule has 3 aliphatic rings. The molecule has 10 heteroatoms. The first-order chi connectivity index (χ1) is 18.7. The molecular weight excluding hydrogens is 509 g/mol. The number of pyridine rings is 1.